The summed E-state index contributed by atoms with van der Waals surface area (Å²) in [5.41, 5.74) is -0.748. The molecule has 0 fully saturated rings. The lowest BCUT2D eigenvalue weighted by molar-refractivity contribution is -0.393. The van der Waals surface area contributed by atoms with Crippen LogP contribution in [0.15, 0.2) is 42.6 Å². The quantitative estimate of drug-likeness (QED) is 0.527. The molecule has 1 aromatic heterocycles. The summed E-state index contributed by atoms with van der Waals surface area (Å²) in [6.07, 6.45) is 1.30. The second-order valence-corrected chi connectivity index (χ2v) is 4.76. The molecule has 2 aromatic carbocycles. The molecule has 0 saturated heterocycles. The maximum absolute atomic E-state index is 11.1. The number of nitro benzene ring substituents is 3. The van der Waals surface area contributed by atoms with E-state index in [1.807, 2.05) is 0 Å². The molecule has 120 valence electrons. The van der Waals surface area contributed by atoms with Crippen molar-refractivity contribution in [1.82, 2.24) is 9.78 Å². The van der Waals surface area contributed by atoms with Crippen LogP contribution in [0.5, 0.6) is 0 Å². The minimum Gasteiger partial charge on any atom is -0.258 e. The van der Waals surface area contributed by atoms with Crippen LogP contribution in [-0.4, -0.2) is 24.6 Å². The van der Waals surface area contributed by atoms with E-state index >= 15 is 0 Å². The first kappa shape index (κ1) is 15.0. The highest BCUT2D eigenvalue weighted by atomic mass is 16.6. The Morgan fingerprint density at radius 3 is 2.21 bits per heavy atom. The first-order valence-corrected chi connectivity index (χ1v) is 6.44. The maximum Gasteiger partial charge on any atom is 0.287 e. The minimum absolute atomic E-state index is 0.0439. The van der Waals surface area contributed by atoms with Crippen molar-refractivity contribution in [2.45, 2.75) is 0 Å². The first-order valence-electron chi connectivity index (χ1n) is 6.44. The molecule has 0 bridgehead atoms. The summed E-state index contributed by atoms with van der Waals surface area (Å²) >= 11 is 0. The van der Waals surface area contributed by atoms with Gasteiger partial charge in [-0.25, -0.2) is 4.68 Å². The third-order valence-corrected chi connectivity index (χ3v) is 3.30. The topological polar surface area (TPSA) is 147 Å². The highest BCUT2D eigenvalue weighted by molar-refractivity contribution is 5.90. The van der Waals surface area contributed by atoms with E-state index in [2.05, 4.69) is 5.10 Å². The second-order valence-electron chi connectivity index (χ2n) is 4.76. The Morgan fingerprint density at radius 1 is 0.875 bits per heavy atom. The van der Waals surface area contributed by atoms with Gasteiger partial charge in [-0.15, -0.1) is 0 Å². The molecule has 3 aromatic rings. The molecule has 0 atom stereocenters. The van der Waals surface area contributed by atoms with Gasteiger partial charge in [0.05, 0.1) is 31.9 Å². The molecule has 0 aliphatic carbocycles. The fourth-order valence-electron chi connectivity index (χ4n) is 2.23. The predicted molar refractivity (Wildman–Crippen MR) is 81.0 cm³/mol. The molecular weight excluding hydrogens is 322 g/mol. The van der Waals surface area contributed by atoms with Crippen LogP contribution < -0.4 is 0 Å². The van der Waals surface area contributed by atoms with E-state index in [1.54, 1.807) is 0 Å². The summed E-state index contributed by atoms with van der Waals surface area (Å²) in [7, 11) is 0. The predicted octanol–water partition coefficient (Wildman–Crippen LogP) is 2.75. The Balaban J connectivity index is 2.23. The highest BCUT2D eigenvalue weighted by Gasteiger charge is 2.22. The van der Waals surface area contributed by atoms with Gasteiger partial charge >= 0.3 is 0 Å². The summed E-state index contributed by atoms with van der Waals surface area (Å²) in [6.45, 7) is 0. The zero-order chi connectivity index (χ0) is 17.4. The van der Waals surface area contributed by atoms with Crippen LogP contribution in [0, 0.1) is 30.3 Å². The van der Waals surface area contributed by atoms with Crippen molar-refractivity contribution in [3.05, 3.63) is 72.9 Å². The fourth-order valence-corrected chi connectivity index (χ4v) is 2.23. The summed E-state index contributed by atoms with van der Waals surface area (Å²) < 4.78 is 1.20. The van der Waals surface area contributed by atoms with Crippen LogP contribution in [-0.2, 0) is 0 Å². The van der Waals surface area contributed by atoms with Crippen molar-refractivity contribution >= 4 is 28.0 Å². The molecule has 3 rings (SSSR count). The SMILES string of the molecule is O=[N+]([O-])c1cccc(-n2cc3c([N+](=O)[O-])cc([N+](=O)[O-])cc3n2)c1. The van der Waals surface area contributed by atoms with E-state index in [0.717, 1.165) is 12.1 Å². The normalized spacial score (nSPS) is 10.7. The Hall–Kier alpha value is -3.89. The molecule has 0 amide bonds. The molecule has 11 nitrogen and oxygen atoms in total. The first-order chi connectivity index (χ1) is 11.4. The lowest BCUT2D eigenvalue weighted by Gasteiger charge is -1.99. The number of hydrogen-bond acceptors (Lipinski definition) is 7. The van der Waals surface area contributed by atoms with Gasteiger partial charge in [0, 0.05) is 24.4 Å². The van der Waals surface area contributed by atoms with E-state index in [-0.39, 0.29) is 16.6 Å². The molecule has 0 aliphatic rings. The number of hydrogen-bond donors (Lipinski definition) is 0. The molecule has 0 N–H and O–H groups in total. The largest absolute Gasteiger partial charge is 0.287 e. The number of rotatable bonds is 4. The van der Waals surface area contributed by atoms with Crippen molar-refractivity contribution in [3.63, 3.8) is 0 Å². The van der Waals surface area contributed by atoms with Crippen LogP contribution in [0.4, 0.5) is 17.1 Å². The number of benzene rings is 2. The Kier molecular flexibility index (Phi) is 3.37. The van der Waals surface area contributed by atoms with Gasteiger partial charge in [0.25, 0.3) is 17.1 Å². The molecule has 0 radical (unpaired) electrons. The minimum atomic E-state index is -0.751. The third kappa shape index (κ3) is 2.49. The summed E-state index contributed by atoms with van der Waals surface area (Å²) in [4.78, 5) is 30.8. The Bertz CT molecular complexity index is 1010. The monoisotopic (exact) mass is 329 g/mol. The number of non-ortho nitro benzene ring substituents is 3. The van der Waals surface area contributed by atoms with E-state index in [4.69, 9.17) is 0 Å². The van der Waals surface area contributed by atoms with E-state index < -0.39 is 26.1 Å². The molecule has 0 aliphatic heterocycles. The Labute approximate surface area is 132 Å². The lowest BCUT2D eigenvalue weighted by atomic mass is 10.2. The van der Waals surface area contributed by atoms with Gasteiger partial charge < -0.3 is 0 Å². The van der Waals surface area contributed by atoms with Gasteiger partial charge in [-0.2, -0.15) is 5.10 Å². The van der Waals surface area contributed by atoms with Gasteiger partial charge in [0.1, 0.15) is 5.52 Å². The van der Waals surface area contributed by atoms with Crippen molar-refractivity contribution in [3.8, 4) is 5.69 Å². The summed E-state index contributed by atoms with van der Waals surface area (Å²) in [5, 5.41) is 37.0. The smallest absolute Gasteiger partial charge is 0.258 e. The summed E-state index contributed by atoms with van der Waals surface area (Å²) in [5.74, 6) is 0. The van der Waals surface area contributed by atoms with Gasteiger partial charge in [-0.05, 0) is 6.07 Å². The van der Waals surface area contributed by atoms with Crippen LogP contribution >= 0.6 is 0 Å². The second kappa shape index (κ2) is 5.39. The standard InChI is InChI=1S/C13H7N5O6/c19-16(20)9-3-1-2-8(4-9)15-7-11-12(14-15)5-10(17(21)22)6-13(11)18(23)24/h1-7H. The average Bonchev–Trinajstić information content (AvgIpc) is 2.97. The van der Waals surface area contributed by atoms with Crippen LogP contribution in [0.2, 0.25) is 0 Å². The fraction of sp³-hybridized carbons (Fsp3) is 0. The van der Waals surface area contributed by atoms with Gasteiger partial charge in [0.2, 0.25) is 0 Å². The van der Waals surface area contributed by atoms with Crippen LogP contribution in [0.3, 0.4) is 0 Å². The van der Waals surface area contributed by atoms with E-state index in [9.17, 15) is 30.3 Å². The molecule has 0 spiro atoms. The third-order valence-electron chi connectivity index (χ3n) is 3.30. The lowest BCUT2D eigenvalue weighted by Crippen LogP contribution is -1.96. The molecule has 0 saturated carbocycles. The molecule has 11 heteroatoms. The van der Waals surface area contributed by atoms with E-state index in [1.165, 1.54) is 35.1 Å². The molecular formula is C13H7N5O6. The van der Waals surface area contributed by atoms with Gasteiger partial charge in [0.15, 0.2) is 0 Å². The number of aromatic nitrogens is 2. The highest BCUT2D eigenvalue weighted by Crippen LogP contribution is 2.31. The van der Waals surface area contributed by atoms with Crippen molar-refractivity contribution in [2.75, 3.05) is 0 Å². The van der Waals surface area contributed by atoms with Crippen LogP contribution in [0.25, 0.3) is 16.6 Å². The number of nitrogens with zero attached hydrogens (tertiary/aromatic N) is 5. The van der Waals surface area contributed by atoms with E-state index in [0.29, 0.717) is 5.69 Å². The number of fused-ring (bicyclic) bond motifs is 1. The zero-order valence-electron chi connectivity index (χ0n) is 11.7. The number of nitro groups is 3. The van der Waals surface area contributed by atoms with Crippen molar-refractivity contribution in [1.29, 1.82) is 0 Å². The van der Waals surface area contributed by atoms with Crippen molar-refractivity contribution < 1.29 is 14.8 Å². The Morgan fingerprint density at radius 2 is 1.58 bits per heavy atom. The zero-order valence-corrected chi connectivity index (χ0v) is 11.7. The summed E-state index contributed by atoms with van der Waals surface area (Å²) in [6, 6.07) is 7.46. The van der Waals surface area contributed by atoms with Gasteiger partial charge in [-0.1, -0.05) is 6.07 Å². The molecule has 1 heterocycles. The average molecular weight is 329 g/mol. The molecule has 24 heavy (non-hydrogen) atoms. The van der Waals surface area contributed by atoms with Crippen LogP contribution in [0.1, 0.15) is 0 Å². The maximum atomic E-state index is 11.1. The van der Waals surface area contributed by atoms with Gasteiger partial charge in [-0.3, -0.25) is 30.3 Å². The van der Waals surface area contributed by atoms with Crippen molar-refractivity contribution in [2.24, 2.45) is 0 Å². The molecule has 0 unspecified atom stereocenters.